The van der Waals surface area contributed by atoms with Crippen molar-refractivity contribution in [2.75, 3.05) is 30.9 Å². The predicted molar refractivity (Wildman–Crippen MR) is 141 cm³/mol. The minimum atomic E-state index is -3.31. The Morgan fingerprint density at radius 3 is 2.70 bits per heavy atom. The molecule has 0 saturated carbocycles. The fourth-order valence-corrected chi connectivity index (χ4v) is 6.02. The van der Waals surface area contributed by atoms with E-state index >= 15 is 0 Å². The van der Waals surface area contributed by atoms with Crippen LogP contribution in [0, 0.1) is 17.3 Å². The molecule has 1 aromatic heterocycles. The van der Waals surface area contributed by atoms with E-state index in [1.807, 2.05) is 0 Å². The Bertz CT molecular complexity index is 1470. The molecule has 1 atom stereocenters. The number of hydrogen-bond donors (Lipinski definition) is 2. The largest absolute Gasteiger partial charge is 0.481 e. The van der Waals surface area contributed by atoms with E-state index in [1.165, 1.54) is 23.3 Å². The predicted octanol–water partition coefficient (Wildman–Crippen LogP) is 2.65. The number of sulfone groups is 1. The SMILES string of the molecule is CS(=O)(=O)c1cccc(OCC#Cc2cnc(N3CCC4(CC3)Cc3ccccc3[C@H]4N)c(CO)n2)c1. The molecule has 1 spiro atoms. The van der Waals surface area contributed by atoms with E-state index in [0.29, 0.717) is 23.0 Å². The fourth-order valence-electron chi connectivity index (χ4n) is 5.36. The lowest BCUT2D eigenvalue weighted by molar-refractivity contribution is 0.186. The maximum Gasteiger partial charge on any atom is 0.175 e. The van der Waals surface area contributed by atoms with Crippen molar-refractivity contribution in [3.63, 3.8) is 0 Å². The van der Waals surface area contributed by atoms with Crippen molar-refractivity contribution in [1.82, 2.24) is 9.97 Å². The molecule has 0 radical (unpaired) electrons. The van der Waals surface area contributed by atoms with Crippen LogP contribution in [0.2, 0.25) is 0 Å². The second-order valence-electron chi connectivity index (χ2n) is 9.72. The molecule has 2 heterocycles. The van der Waals surface area contributed by atoms with Crippen LogP contribution >= 0.6 is 0 Å². The molecule has 1 aliphatic carbocycles. The summed E-state index contributed by atoms with van der Waals surface area (Å²) in [6.07, 6.45) is 5.67. The lowest BCUT2D eigenvalue weighted by Crippen LogP contribution is -2.45. The summed E-state index contributed by atoms with van der Waals surface area (Å²) in [6.45, 7) is 1.42. The maximum atomic E-state index is 11.7. The number of piperidine rings is 1. The van der Waals surface area contributed by atoms with Crippen LogP contribution in [0.4, 0.5) is 5.82 Å². The number of fused-ring (bicyclic) bond motifs is 1. The van der Waals surface area contributed by atoms with Crippen LogP contribution in [-0.4, -0.2) is 49.4 Å². The zero-order valence-corrected chi connectivity index (χ0v) is 21.5. The summed E-state index contributed by atoms with van der Waals surface area (Å²) in [5, 5.41) is 9.98. The van der Waals surface area contributed by atoms with E-state index < -0.39 is 9.84 Å². The molecule has 2 aliphatic rings. The average Bonchev–Trinajstić information content (AvgIpc) is 3.17. The van der Waals surface area contributed by atoms with Crippen LogP contribution < -0.4 is 15.4 Å². The number of ether oxygens (including phenoxy) is 1. The Morgan fingerprint density at radius 1 is 1.19 bits per heavy atom. The van der Waals surface area contributed by atoms with E-state index in [9.17, 15) is 13.5 Å². The molecule has 5 rings (SSSR count). The number of anilines is 1. The second kappa shape index (κ2) is 10.1. The Balaban J connectivity index is 1.22. The van der Waals surface area contributed by atoms with Gasteiger partial charge >= 0.3 is 0 Å². The number of hydrogen-bond acceptors (Lipinski definition) is 8. The molecule has 2 aromatic carbocycles. The third-order valence-electron chi connectivity index (χ3n) is 7.38. The average molecular weight is 519 g/mol. The van der Waals surface area contributed by atoms with Crippen molar-refractivity contribution in [2.45, 2.75) is 36.8 Å². The summed E-state index contributed by atoms with van der Waals surface area (Å²) < 4.78 is 29.0. The highest BCUT2D eigenvalue weighted by Gasteiger charge is 2.46. The van der Waals surface area contributed by atoms with Gasteiger partial charge in [-0.25, -0.2) is 18.4 Å². The lowest BCUT2D eigenvalue weighted by atomic mass is 9.73. The number of benzene rings is 2. The molecule has 37 heavy (non-hydrogen) atoms. The summed E-state index contributed by atoms with van der Waals surface area (Å²) in [5.74, 6) is 6.88. The van der Waals surface area contributed by atoms with Gasteiger partial charge in [0.05, 0.1) is 17.7 Å². The van der Waals surface area contributed by atoms with E-state index in [-0.39, 0.29) is 29.6 Å². The molecule has 1 aliphatic heterocycles. The van der Waals surface area contributed by atoms with Gasteiger partial charge in [-0.05, 0) is 59.9 Å². The van der Waals surface area contributed by atoms with Crippen molar-refractivity contribution in [3.05, 3.63) is 77.2 Å². The highest BCUT2D eigenvalue weighted by molar-refractivity contribution is 7.90. The van der Waals surface area contributed by atoms with Gasteiger partial charge in [0.1, 0.15) is 23.7 Å². The highest BCUT2D eigenvalue weighted by Crippen LogP contribution is 2.51. The zero-order valence-electron chi connectivity index (χ0n) is 20.7. The van der Waals surface area contributed by atoms with Crippen LogP contribution in [0.25, 0.3) is 0 Å². The van der Waals surface area contributed by atoms with E-state index in [0.717, 1.165) is 38.6 Å². The third-order valence-corrected chi connectivity index (χ3v) is 8.49. The number of nitrogens with zero attached hydrogens (tertiary/aromatic N) is 3. The van der Waals surface area contributed by atoms with Crippen LogP contribution in [0.5, 0.6) is 5.75 Å². The summed E-state index contributed by atoms with van der Waals surface area (Å²) in [7, 11) is -3.31. The Kier molecular flexibility index (Phi) is 6.90. The third kappa shape index (κ3) is 5.18. The summed E-state index contributed by atoms with van der Waals surface area (Å²) in [6, 6.07) is 14.8. The van der Waals surface area contributed by atoms with Crippen LogP contribution in [0.1, 0.15) is 41.4 Å². The Hall–Kier alpha value is -3.45. The van der Waals surface area contributed by atoms with E-state index in [1.54, 1.807) is 18.3 Å². The fraction of sp³-hybridized carbons (Fsp3) is 0.357. The molecule has 8 nitrogen and oxygen atoms in total. The van der Waals surface area contributed by atoms with Crippen molar-refractivity contribution in [2.24, 2.45) is 11.1 Å². The van der Waals surface area contributed by atoms with Gasteiger partial charge < -0.3 is 20.5 Å². The molecule has 3 N–H and O–H groups in total. The number of aliphatic hydroxyl groups is 1. The first kappa shape index (κ1) is 25.2. The molecule has 0 unspecified atom stereocenters. The van der Waals surface area contributed by atoms with Crippen LogP contribution in [0.15, 0.2) is 59.6 Å². The van der Waals surface area contributed by atoms with Gasteiger partial charge in [0, 0.05) is 25.4 Å². The molecule has 0 bridgehead atoms. The Labute approximate surface area is 217 Å². The van der Waals surface area contributed by atoms with Gasteiger partial charge in [0.15, 0.2) is 15.7 Å². The van der Waals surface area contributed by atoms with Gasteiger partial charge in [-0.2, -0.15) is 0 Å². The smallest absolute Gasteiger partial charge is 0.175 e. The molecular formula is C28H30N4O4S. The molecular weight excluding hydrogens is 488 g/mol. The van der Waals surface area contributed by atoms with E-state index in [2.05, 4.69) is 51.0 Å². The monoisotopic (exact) mass is 518 g/mol. The van der Waals surface area contributed by atoms with Crippen molar-refractivity contribution < 1.29 is 18.3 Å². The molecule has 3 aromatic rings. The first-order valence-corrected chi connectivity index (χ1v) is 14.2. The van der Waals surface area contributed by atoms with Crippen molar-refractivity contribution >= 4 is 15.7 Å². The van der Waals surface area contributed by atoms with Gasteiger partial charge in [-0.3, -0.25) is 0 Å². The molecule has 9 heteroatoms. The first-order valence-electron chi connectivity index (χ1n) is 12.3. The maximum absolute atomic E-state index is 11.7. The molecule has 1 saturated heterocycles. The first-order chi connectivity index (χ1) is 17.8. The van der Waals surface area contributed by atoms with Crippen molar-refractivity contribution in [3.8, 4) is 17.6 Å². The van der Waals surface area contributed by atoms with Crippen molar-refractivity contribution in [1.29, 1.82) is 0 Å². The summed E-state index contributed by atoms with van der Waals surface area (Å²) in [5.41, 5.74) is 10.3. The molecule has 1 fully saturated rings. The minimum absolute atomic E-state index is 0.0444. The molecule has 0 amide bonds. The standard InChI is InChI=1S/C28H30N4O4S/c1-37(34,35)23-9-4-8-22(16-23)36-15-5-7-21-18-30-27(25(19-33)31-21)32-13-11-28(12-14-32)17-20-6-2-3-10-24(20)26(28)29/h2-4,6,8-10,16,18,26,33H,11-15,17,19,29H2,1H3/t26-/m1/s1. The summed E-state index contributed by atoms with van der Waals surface area (Å²) >= 11 is 0. The highest BCUT2D eigenvalue weighted by atomic mass is 32.2. The topological polar surface area (TPSA) is 119 Å². The number of nitrogens with two attached hydrogens (primary N) is 1. The van der Waals surface area contributed by atoms with Crippen LogP contribution in [-0.2, 0) is 22.9 Å². The quantitative estimate of drug-likeness (QED) is 0.495. The molecule has 192 valence electrons. The van der Waals surface area contributed by atoms with Gasteiger partial charge in [0.25, 0.3) is 0 Å². The number of aliphatic hydroxyl groups excluding tert-OH is 1. The lowest BCUT2D eigenvalue weighted by Gasteiger charge is -2.42. The normalized spacial score (nSPS) is 18.2. The second-order valence-corrected chi connectivity index (χ2v) is 11.7. The van der Waals surface area contributed by atoms with Gasteiger partial charge in [-0.15, -0.1) is 0 Å². The summed E-state index contributed by atoms with van der Waals surface area (Å²) in [4.78, 5) is 11.5. The van der Waals surface area contributed by atoms with Crippen LogP contribution in [0.3, 0.4) is 0 Å². The number of rotatable bonds is 5. The van der Waals surface area contributed by atoms with Gasteiger partial charge in [0.2, 0.25) is 0 Å². The Morgan fingerprint density at radius 2 is 1.97 bits per heavy atom. The van der Waals surface area contributed by atoms with Gasteiger partial charge in [-0.1, -0.05) is 36.3 Å². The zero-order chi connectivity index (χ0) is 26.0. The number of aromatic nitrogens is 2. The minimum Gasteiger partial charge on any atom is -0.481 e. The van der Waals surface area contributed by atoms with E-state index in [4.69, 9.17) is 10.5 Å².